The second kappa shape index (κ2) is 13.0. The number of carbonyl (C=O) groups excluding carboxylic acids is 2. The summed E-state index contributed by atoms with van der Waals surface area (Å²) in [6.07, 6.45) is 1.61. The number of rotatable bonds is 11. The van der Waals surface area contributed by atoms with Crippen molar-refractivity contribution in [3.63, 3.8) is 0 Å². The van der Waals surface area contributed by atoms with Crippen LogP contribution < -0.4 is 18.9 Å². The van der Waals surface area contributed by atoms with E-state index in [2.05, 4.69) is 0 Å². The van der Waals surface area contributed by atoms with E-state index in [-0.39, 0.29) is 29.9 Å². The van der Waals surface area contributed by atoms with E-state index in [1.54, 1.807) is 49.6 Å². The number of benzene rings is 3. The molecule has 2 amide bonds. The second-order valence-corrected chi connectivity index (χ2v) is 9.85. The molecule has 0 unspecified atom stereocenters. The summed E-state index contributed by atoms with van der Waals surface area (Å²) >= 11 is 13.4. The molecular formula is C28H25Cl2NO6S. The molecule has 0 N–H and O–H groups in total. The Labute approximate surface area is 235 Å². The number of nitrogens with zero attached hydrogens (tertiary/aromatic N) is 1. The molecule has 0 bridgehead atoms. The molecule has 1 heterocycles. The summed E-state index contributed by atoms with van der Waals surface area (Å²) in [5.74, 6) is 1.53. The minimum atomic E-state index is -0.402. The number of methoxy groups -OCH3 is 1. The van der Waals surface area contributed by atoms with Crippen LogP contribution in [0.15, 0.2) is 65.6 Å². The molecule has 10 heteroatoms. The molecule has 3 aromatic carbocycles. The van der Waals surface area contributed by atoms with Crippen molar-refractivity contribution in [2.45, 2.75) is 13.5 Å². The first kappa shape index (κ1) is 27.7. The Hall–Kier alpha value is -3.33. The monoisotopic (exact) mass is 573 g/mol. The number of amides is 2. The third-order valence-electron chi connectivity index (χ3n) is 5.44. The minimum absolute atomic E-state index is 0.0997. The van der Waals surface area contributed by atoms with Crippen molar-refractivity contribution in [1.82, 2.24) is 4.90 Å². The molecule has 0 spiro atoms. The maximum Gasteiger partial charge on any atom is 0.293 e. The van der Waals surface area contributed by atoms with Crippen molar-refractivity contribution < 1.29 is 28.5 Å². The lowest BCUT2D eigenvalue weighted by Gasteiger charge is -2.15. The van der Waals surface area contributed by atoms with Gasteiger partial charge in [-0.25, -0.2) is 0 Å². The van der Waals surface area contributed by atoms with E-state index in [4.69, 9.17) is 42.1 Å². The molecule has 1 aliphatic rings. The SMILES string of the molecule is CCOc1cc(/C=C2\SC(=O)N(CCOc3ccccc3OC)C2=O)cc(Cl)c1OCc1ccc(Cl)cc1. The van der Waals surface area contributed by atoms with E-state index >= 15 is 0 Å². The normalized spacial score (nSPS) is 14.2. The predicted molar refractivity (Wildman–Crippen MR) is 150 cm³/mol. The Balaban J connectivity index is 1.45. The Morgan fingerprint density at radius 1 is 0.921 bits per heavy atom. The Morgan fingerprint density at radius 3 is 2.37 bits per heavy atom. The highest BCUT2D eigenvalue weighted by molar-refractivity contribution is 8.18. The first-order valence-corrected chi connectivity index (χ1v) is 13.3. The van der Waals surface area contributed by atoms with E-state index in [1.807, 2.05) is 31.2 Å². The van der Waals surface area contributed by atoms with Crippen LogP contribution >= 0.6 is 35.0 Å². The fraction of sp³-hybridized carbons (Fsp3) is 0.214. The lowest BCUT2D eigenvalue weighted by molar-refractivity contribution is -0.123. The maximum atomic E-state index is 13.0. The summed E-state index contributed by atoms with van der Waals surface area (Å²) in [5.41, 5.74) is 1.52. The van der Waals surface area contributed by atoms with E-state index in [1.165, 1.54) is 0 Å². The molecule has 0 saturated carbocycles. The van der Waals surface area contributed by atoms with Crippen molar-refractivity contribution >= 4 is 52.2 Å². The van der Waals surface area contributed by atoms with Gasteiger partial charge < -0.3 is 18.9 Å². The molecule has 198 valence electrons. The van der Waals surface area contributed by atoms with Crippen LogP contribution in [0.25, 0.3) is 6.08 Å². The quantitative estimate of drug-likeness (QED) is 0.226. The molecule has 0 aromatic heterocycles. The predicted octanol–water partition coefficient (Wildman–Crippen LogP) is 7.10. The van der Waals surface area contributed by atoms with Crippen LogP contribution in [0.5, 0.6) is 23.0 Å². The van der Waals surface area contributed by atoms with Crippen molar-refractivity contribution in [3.8, 4) is 23.0 Å². The maximum absolute atomic E-state index is 13.0. The van der Waals surface area contributed by atoms with Crippen LogP contribution in [-0.4, -0.2) is 42.9 Å². The van der Waals surface area contributed by atoms with Gasteiger partial charge in [0.1, 0.15) is 13.2 Å². The number of imide groups is 1. The van der Waals surface area contributed by atoms with Gasteiger partial charge in [0.05, 0.1) is 30.2 Å². The number of thioether (sulfide) groups is 1. The fourth-order valence-corrected chi connectivity index (χ4v) is 4.90. The van der Waals surface area contributed by atoms with Crippen molar-refractivity contribution in [2.75, 3.05) is 26.9 Å². The van der Waals surface area contributed by atoms with E-state index in [9.17, 15) is 9.59 Å². The summed E-state index contributed by atoms with van der Waals surface area (Å²) < 4.78 is 22.7. The van der Waals surface area contributed by atoms with Gasteiger partial charge in [-0.1, -0.05) is 47.5 Å². The fourth-order valence-electron chi connectivity index (χ4n) is 3.64. The van der Waals surface area contributed by atoms with Crippen LogP contribution in [-0.2, 0) is 11.4 Å². The van der Waals surface area contributed by atoms with E-state index < -0.39 is 5.91 Å². The lowest BCUT2D eigenvalue weighted by atomic mass is 10.1. The summed E-state index contributed by atoms with van der Waals surface area (Å²) in [6.45, 7) is 2.74. The Kier molecular flexibility index (Phi) is 9.44. The lowest BCUT2D eigenvalue weighted by Crippen LogP contribution is -2.32. The van der Waals surface area contributed by atoms with Gasteiger partial charge in [-0.05, 0) is 72.3 Å². The summed E-state index contributed by atoms with van der Waals surface area (Å²) in [5, 5.41) is 0.587. The highest BCUT2D eigenvalue weighted by Crippen LogP contribution is 2.39. The summed E-state index contributed by atoms with van der Waals surface area (Å²) in [7, 11) is 1.55. The third kappa shape index (κ3) is 6.75. The number of carbonyl (C=O) groups is 2. The van der Waals surface area contributed by atoms with Gasteiger partial charge in [0.25, 0.3) is 11.1 Å². The van der Waals surface area contributed by atoms with Gasteiger partial charge in [-0.15, -0.1) is 0 Å². The van der Waals surface area contributed by atoms with Gasteiger partial charge in [-0.3, -0.25) is 14.5 Å². The summed E-state index contributed by atoms with van der Waals surface area (Å²) in [4.78, 5) is 27.0. The van der Waals surface area contributed by atoms with E-state index in [0.29, 0.717) is 45.2 Å². The largest absolute Gasteiger partial charge is 0.493 e. The van der Waals surface area contributed by atoms with Crippen LogP contribution in [0.3, 0.4) is 0 Å². The molecule has 0 atom stereocenters. The number of para-hydroxylation sites is 2. The average Bonchev–Trinajstić information content (AvgIpc) is 3.17. The zero-order chi connectivity index (χ0) is 27.1. The molecule has 1 aliphatic heterocycles. The van der Waals surface area contributed by atoms with Crippen molar-refractivity contribution in [2.24, 2.45) is 0 Å². The summed E-state index contributed by atoms with van der Waals surface area (Å²) in [6, 6.07) is 17.9. The van der Waals surface area contributed by atoms with Gasteiger partial charge in [0.2, 0.25) is 0 Å². The number of ether oxygens (including phenoxy) is 4. The highest BCUT2D eigenvalue weighted by atomic mass is 35.5. The second-order valence-electron chi connectivity index (χ2n) is 8.01. The first-order chi connectivity index (χ1) is 18.4. The molecule has 0 aliphatic carbocycles. The zero-order valence-electron chi connectivity index (χ0n) is 20.7. The standard InChI is InChI=1S/C28H25Cl2NO6S/c1-3-35-24-15-19(14-21(30)26(24)37-17-18-8-10-20(29)11-9-18)16-25-27(32)31(28(33)38-25)12-13-36-23-7-5-4-6-22(23)34-2/h4-11,14-16H,3,12-13,17H2,1-2H3/b25-16-. The van der Waals surface area contributed by atoms with Crippen LogP contribution in [0.2, 0.25) is 10.0 Å². The van der Waals surface area contributed by atoms with Crippen LogP contribution in [0.4, 0.5) is 4.79 Å². The van der Waals surface area contributed by atoms with Crippen LogP contribution in [0.1, 0.15) is 18.1 Å². The third-order valence-corrected chi connectivity index (χ3v) is 6.88. The molecule has 1 fully saturated rings. The topological polar surface area (TPSA) is 74.3 Å². The Bertz CT molecular complexity index is 1350. The molecule has 7 nitrogen and oxygen atoms in total. The van der Waals surface area contributed by atoms with Gasteiger partial charge in [0, 0.05) is 5.02 Å². The van der Waals surface area contributed by atoms with Gasteiger partial charge in [0.15, 0.2) is 23.0 Å². The zero-order valence-corrected chi connectivity index (χ0v) is 23.1. The molecule has 4 rings (SSSR count). The highest BCUT2D eigenvalue weighted by Gasteiger charge is 2.35. The first-order valence-electron chi connectivity index (χ1n) is 11.7. The molecule has 38 heavy (non-hydrogen) atoms. The number of hydrogen-bond donors (Lipinski definition) is 0. The molecule has 3 aromatic rings. The van der Waals surface area contributed by atoms with Gasteiger partial charge >= 0.3 is 0 Å². The van der Waals surface area contributed by atoms with Gasteiger partial charge in [-0.2, -0.15) is 0 Å². The molecule has 0 radical (unpaired) electrons. The average molecular weight is 574 g/mol. The van der Waals surface area contributed by atoms with Crippen molar-refractivity contribution in [3.05, 3.63) is 86.7 Å². The minimum Gasteiger partial charge on any atom is -0.493 e. The Morgan fingerprint density at radius 2 is 1.66 bits per heavy atom. The number of halogens is 2. The molecular weight excluding hydrogens is 549 g/mol. The smallest absolute Gasteiger partial charge is 0.293 e. The van der Waals surface area contributed by atoms with Crippen molar-refractivity contribution in [1.29, 1.82) is 0 Å². The number of hydrogen-bond acceptors (Lipinski definition) is 7. The van der Waals surface area contributed by atoms with Crippen LogP contribution in [0, 0.1) is 0 Å². The molecule has 1 saturated heterocycles. The van der Waals surface area contributed by atoms with E-state index in [0.717, 1.165) is 22.2 Å².